The Balaban J connectivity index is 2.61. The van der Waals surface area contributed by atoms with Gasteiger partial charge in [0.15, 0.2) is 0 Å². The molecule has 0 bridgehead atoms. The molecule has 0 saturated carbocycles. The van der Waals surface area contributed by atoms with Crippen LogP contribution >= 0.6 is 0 Å². The molecular weight excluding hydrogens is 256 g/mol. The van der Waals surface area contributed by atoms with E-state index in [1.807, 2.05) is 0 Å². The van der Waals surface area contributed by atoms with E-state index in [0.717, 1.165) is 18.2 Å². The largest absolute Gasteiger partial charge is 0.390 e. The fraction of sp³-hybridized carbons (Fsp3) is 0.400. The van der Waals surface area contributed by atoms with Gasteiger partial charge in [-0.1, -0.05) is 0 Å². The smallest absolute Gasteiger partial charge is 0.312 e. The Morgan fingerprint density at radius 2 is 2.00 bits per heavy atom. The van der Waals surface area contributed by atoms with Gasteiger partial charge in [-0.25, -0.2) is 4.39 Å². The van der Waals surface area contributed by atoms with Gasteiger partial charge < -0.3 is 5.32 Å². The van der Waals surface area contributed by atoms with E-state index in [9.17, 15) is 27.7 Å². The third kappa shape index (κ3) is 4.66. The molecule has 18 heavy (non-hydrogen) atoms. The molecule has 1 rings (SSSR count). The van der Waals surface area contributed by atoms with E-state index >= 15 is 0 Å². The van der Waals surface area contributed by atoms with Crippen LogP contribution in [0.5, 0.6) is 0 Å². The second-order valence-electron chi connectivity index (χ2n) is 3.57. The van der Waals surface area contributed by atoms with E-state index in [2.05, 4.69) is 5.32 Å². The van der Waals surface area contributed by atoms with Crippen LogP contribution in [0.15, 0.2) is 18.2 Å². The van der Waals surface area contributed by atoms with E-state index in [-0.39, 0.29) is 24.3 Å². The van der Waals surface area contributed by atoms with Crippen LogP contribution in [0.1, 0.15) is 12.0 Å². The molecule has 0 saturated heterocycles. The molecule has 8 heteroatoms. The second kappa shape index (κ2) is 5.76. The van der Waals surface area contributed by atoms with Crippen molar-refractivity contribution >= 4 is 5.69 Å². The maximum Gasteiger partial charge on any atom is 0.390 e. The highest BCUT2D eigenvalue weighted by Crippen LogP contribution is 2.20. The summed E-state index contributed by atoms with van der Waals surface area (Å²) in [5.41, 5.74) is -0.307. The number of nitro benzene ring substituents is 1. The molecule has 0 amide bonds. The van der Waals surface area contributed by atoms with Gasteiger partial charge in [0.05, 0.1) is 11.3 Å². The highest BCUT2D eigenvalue weighted by atomic mass is 19.4. The number of alkyl halides is 3. The zero-order chi connectivity index (χ0) is 13.8. The number of hydrogen-bond acceptors (Lipinski definition) is 3. The number of halogens is 4. The van der Waals surface area contributed by atoms with Gasteiger partial charge in [-0.3, -0.25) is 10.1 Å². The van der Waals surface area contributed by atoms with Gasteiger partial charge in [-0.2, -0.15) is 13.2 Å². The topological polar surface area (TPSA) is 55.2 Å². The molecule has 0 aromatic heterocycles. The first kappa shape index (κ1) is 14.4. The van der Waals surface area contributed by atoms with E-state index in [4.69, 9.17) is 0 Å². The molecule has 0 aliphatic carbocycles. The maximum absolute atomic E-state index is 12.9. The summed E-state index contributed by atoms with van der Waals surface area (Å²) >= 11 is 0. The summed E-state index contributed by atoms with van der Waals surface area (Å²) in [7, 11) is 0. The summed E-state index contributed by atoms with van der Waals surface area (Å²) in [5, 5.41) is 13.0. The van der Waals surface area contributed by atoms with Crippen molar-refractivity contribution < 1.29 is 22.5 Å². The molecule has 1 N–H and O–H groups in total. The van der Waals surface area contributed by atoms with Gasteiger partial charge in [-0.05, 0) is 12.1 Å². The van der Waals surface area contributed by atoms with E-state index in [1.54, 1.807) is 0 Å². The molecule has 0 radical (unpaired) electrons. The van der Waals surface area contributed by atoms with Crippen LogP contribution < -0.4 is 5.32 Å². The molecular formula is C10H10F4N2O2. The van der Waals surface area contributed by atoms with Crippen LogP contribution in [0, 0.1) is 15.9 Å². The number of rotatable bonds is 5. The lowest BCUT2D eigenvalue weighted by Gasteiger charge is -2.08. The first-order valence-corrected chi connectivity index (χ1v) is 5.00. The van der Waals surface area contributed by atoms with Crippen molar-refractivity contribution in [3.05, 3.63) is 39.7 Å². The SMILES string of the molecule is O=[N+]([O-])c1ccc(F)cc1CNCCC(F)(F)F. The summed E-state index contributed by atoms with van der Waals surface area (Å²) in [6.07, 6.45) is -5.34. The Labute approximate surface area is 99.8 Å². The minimum Gasteiger partial charge on any atom is -0.312 e. The average molecular weight is 266 g/mol. The molecule has 0 unspecified atom stereocenters. The molecule has 1 aromatic rings. The zero-order valence-corrected chi connectivity index (χ0v) is 9.13. The molecule has 1 aromatic carbocycles. The zero-order valence-electron chi connectivity index (χ0n) is 9.13. The van der Waals surface area contributed by atoms with Crippen LogP contribution in [0.3, 0.4) is 0 Å². The Hall–Kier alpha value is -1.70. The average Bonchev–Trinajstić information content (AvgIpc) is 2.22. The van der Waals surface area contributed by atoms with E-state index in [0.29, 0.717) is 0 Å². The van der Waals surface area contributed by atoms with Gasteiger partial charge in [-0.15, -0.1) is 0 Å². The molecule has 0 spiro atoms. The number of nitro groups is 1. The number of nitrogens with zero attached hydrogens (tertiary/aromatic N) is 1. The lowest BCUT2D eigenvalue weighted by Crippen LogP contribution is -2.21. The van der Waals surface area contributed by atoms with Gasteiger partial charge in [0, 0.05) is 24.7 Å². The normalized spacial score (nSPS) is 11.6. The first-order chi connectivity index (χ1) is 8.29. The van der Waals surface area contributed by atoms with Crippen molar-refractivity contribution in [2.75, 3.05) is 6.54 Å². The van der Waals surface area contributed by atoms with Gasteiger partial charge in [0.25, 0.3) is 5.69 Å². The predicted octanol–water partition coefficient (Wildman–Crippen LogP) is 2.78. The summed E-state index contributed by atoms with van der Waals surface area (Å²) in [4.78, 5) is 9.89. The predicted molar refractivity (Wildman–Crippen MR) is 55.4 cm³/mol. The molecule has 0 heterocycles. The highest BCUT2D eigenvalue weighted by Gasteiger charge is 2.26. The number of hydrogen-bond donors (Lipinski definition) is 1. The third-order valence-corrected chi connectivity index (χ3v) is 2.14. The van der Waals surface area contributed by atoms with Crippen LogP contribution in [-0.4, -0.2) is 17.6 Å². The molecule has 0 aliphatic rings. The van der Waals surface area contributed by atoms with Crippen LogP contribution in [-0.2, 0) is 6.54 Å². The van der Waals surface area contributed by atoms with Gasteiger partial charge in [0.2, 0.25) is 0 Å². The van der Waals surface area contributed by atoms with Crippen molar-refractivity contribution in [2.24, 2.45) is 0 Å². The fourth-order valence-electron chi connectivity index (χ4n) is 1.33. The lowest BCUT2D eigenvalue weighted by molar-refractivity contribution is -0.385. The molecule has 0 aliphatic heterocycles. The van der Waals surface area contributed by atoms with Crippen LogP contribution in [0.25, 0.3) is 0 Å². The van der Waals surface area contributed by atoms with Crippen molar-refractivity contribution in [2.45, 2.75) is 19.1 Å². The number of benzene rings is 1. The summed E-state index contributed by atoms with van der Waals surface area (Å²) in [6.45, 7) is -0.568. The number of nitrogens with one attached hydrogen (secondary N) is 1. The lowest BCUT2D eigenvalue weighted by atomic mass is 10.1. The van der Waals surface area contributed by atoms with Crippen molar-refractivity contribution in [1.29, 1.82) is 0 Å². The van der Waals surface area contributed by atoms with Gasteiger partial charge in [0.1, 0.15) is 5.82 Å². The van der Waals surface area contributed by atoms with E-state index < -0.39 is 23.3 Å². The third-order valence-electron chi connectivity index (χ3n) is 2.14. The first-order valence-electron chi connectivity index (χ1n) is 5.00. The molecule has 100 valence electrons. The van der Waals surface area contributed by atoms with Crippen molar-refractivity contribution in [3.8, 4) is 0 Å². The quantitative estimate of drug-likeness (QED) is 0.386. The van der Waals surface area contributed by atoms with E-state index in [1.165, 1.54) is 0 Å². The molecule has 0 atom stereocenters. The Kier molecular flexibility index (Phi) is 4.60. The Morgan fingerprint density at radius 1 is 1.33 bits per heavy atom. The molecule has 0 fully saturated rings. The standard InChI is InChI=1S/C10H10F4N2O2/c11-8-1-2-9(16(17)18)7(5-8)6-15-4-3-10(12,13)14/h1-2,5,15H,3-4,6H2. The summed E-state index contributed by atoms with van der Waals surface area (Å²) < 4.78 is 48.4. The summed E-state index contributed by atoms with van der Waals surface area (Å²) in [5.74, 6) is -0.673. The Bertz CT molecular complexity index is 434. The minimum absolute atomic E-state index is 0.0159. The Morgan fingerprint density at radius 3 is 2.56 bits per heavy atom. The van der Waals surface area contributed by atoms with Crippen LogP contribution in [0.4, 0.5) is 23.2 Å². The summed E-state index contributed by atoms with van der Waals surface area (Å²) in [6, 6.07) is 2.84. The monoisotopic (exact) mass is 266 g/mol. The van der Waals surface area contributed by atoms with Crippen LogP contribution in [0.2, 0.25) is 0 Å². The molecule has 4 nitrogen and oxygen atoms in total. The van der Waals surface area contributed by atoms with Gasteiger partial charge >= 0.3 is 6.18 Å². The van der Waals surface area contributed by atoms with Crippen molar-refractivity contribution in [3.63, 3.8) is 0 Å². The highest BCUT2D eigenvalue weighted by molar-refractivity contribution is 5.40. The fourth-order valence-corrected chi connectivity index (χ4v) is 1.33. The second-order valence-corrected chi connectivity index (χ2v) is 3.57. The minimum atomic E-state index is -4.29. The maximum atomic E-state index is 12.9. The van der Waals surface area contributed by atoms with Crippen molar-refractivity contribution in [1.82, 2.24) is 5.32 Å².